The van der Waals surface area contributed by atoms with Gasteiger partial charge in [-0.1, -0.05) is 31.5 Å². The van der Waals surface area contributed by atoms with E-state index in [-0.39, 0.29) is 0 Å². The van der Waals surface area contributed by atoms with Crippen LogP contribution in [0.25, 0.3) is 10.9 Å². The molecule has 3 heteroatoms. The number of hydrogen-bond acceptors (Lipinski definition) is 1. The van der Waals surface area contributed by atoms with Crippen molar-refractivity contribution < 1.29 is 4.79 Å². The van der Waals surface area contributed by atoms with E-state index in [1.807, 2.05) is 23.2 Å². The van der Waals surface area contributed by atoms with Gasteiger partial charge in [-0.05, 0) is 30.4 Å². The molecule has 0 spiro atoms. The van der Waals surface area contributed by atoms with Crippen LogP contribution in [0.15, 0.2) is 30.5 Å². The van der Waals surface area contributed by atoms with Crippen molar-refractivity contribution in [3.63, 3.8) is 0 Å². The number of aryl methyl sites for hydroxylation is 1. The molecule has 1 aromatic heterocycles. The van der Waals surface area contributed by atoms with Crippen LogP contribution < -0.4 is 0 Å². The summed E-state index contributed by atoms with van der Waals surface area (Å²) < 4.78 is 0. The first-order valence-electron chi connectivity index (χ1n) is 7.60. The Bertz CT molecular complexity index is 602. The molecule has 2 aromatic rings. The van der Waals surface area contributed by atoms with Gasteiger partial charge in [0, 0.05) is 36.6 Å². The standard InChI is InChI=1S/C17H22N2O/c1-2-13-9-10-19(12-13)17(20)8-7-14-11-18-16-6-4-3-5-15(14)16/h3-6,11,13,18H,2,7-10,12H2,1H3. The van der Waals surface area contributed by atoms with Gasteiger partial charge in [0.1, 0.15) is 0 Å². The number of H-pyrrole nitrogens is 1. The summed E-state index contributed by atoms with van der Waals surface area (Å²) >= 11 is 0. The molecule has 1 aliphatic rings. The number of benzene rings is 1. The Hall–Kier alpha value is -1.77. The number of fused-ring (bicyclic) bond motifs is 1. The highest BCUT2D eigenvalue weighted by atomic mass is 16.2. The highest BCUT2D eigenvalue weighted by Crippen LogP contribution is 2.22. The Labute approximate surface area is 120 Å². The first-order chi connectivity index (χ1) is 9.78. The molecule has 0 aliphatic carbocycles. The lowest BCUT2D eigenvalue weighted by Gasteiger charge is -2.16. The lowest BCUT2D eigenvalue weighted by Crippen LogP contribution is -2.28. The summed E-state index contributed by atoms with van der Waals surface area (Å²) in [5.41, 5.74) is 2.40. The molecule has 20 heavy (non-hydrogen) atoms. The number of nitrogens with one attached hydrogen (secondary N) is 1. The predicted octanol–water partition coefficient (Wildman–Crippen LogP) is 3.36. The van der Waals surface area contributed by atoms with Crippen LogP contribution in [-0.4, -0.2) is 28.9 Å². The van der Waals surface area contributed by atoms with Crippen molar-refractivity contribution in [2.75, 3.05) is 13.1 Å². The molecule has 1 unspecified atom stereocenters. The molecule has 2 heterocycles. The number of likely N-dealkylation sites (tertiary alicyclic amines) is 1. The van der Waals surface area contributed by atoms with E-state index in [2.05, 4.69) is 24.0 Å². The maximum Gasteiger partial charge on any atom is 0.222 e. The minimum atomic E-state index is 0.311. The van der Waals surface area contributed by atoms with Gasteiger partial charge in [0.15, 0.2) is 0 Å². The van der Waals surface area contributed by atoms with Crippen LogP contribution in [-0.2, 0) is 11.2 Å². The van der Waals surface area contributed by atoms with Crippen LogP contribution in [0.3, 0.4) is 0 Å². The van der Waals surface area contributed by atoms with Gasteiger partial charge in [0.05, 0.1) is 0 Å². The molecule has 0 saturated carbocycles. The molecule has 1 atom stereocenters. The van der Waals surface area contributed by atoms with E-state index in [9.17, 15) is 4.79 Å². The summed E-state index contributed by atoms with van der Waals surface area (Å²) in [4.78, 5) is 17.6. The highest BCUT2D eigenvalue weighted by molar-refractivity contribution is 5.84. The van der Waals surface area contributed by atoms with Crippen LogP contribution in [0.5, 0.6) is 0 Å². The average Bonchev–Trinajstić information content (AvgIpc) is 3.11. The molecular formula is C17H22N2O. The van der Waals surface area contributed by atoms with Gasteiger partial charge in [-0.15, -0.1) is 0 Å². The van der Waals surface area contributed by atoms with Crippen molar-refractivity contribution in [1.82, 2.24) is 9.88 Å². The third-order valence-corrected chi connectivity index (χ3v) is 4.50. The van der Waals surface area contributed by atoms with Crippen molar-refractivity contribution >= 4 is 16.8 Å². The van der Waals surface area contributed by atoms with Crippen LogP contribution in [0.2, 0.25) is 0 Å². The van der Waals surface area contributed by atoms with Crippen molar-refractivity contribution in [3.05, 3.63) is 36.0 Å². The van der Waals surface area contributed by atoms with E-state index in [0.29, 0.717) is 18.2 Å². The average molecular weight is 270 g/mol. The van der Waals surface area contributed by atoms with Crippen molar-refractivity contribution in [3.8, 4) is 0 Å². The van der Waals surface area contributed by atoms with Crippen LogP contribution in [0.4, 0.5) is 0 Å². The Morgan fingerprint density at radius 1 is 1.40 bits per heavy atom. The summed E-state index contributed by atoms with van der Waals surface area (Å²) in [6.07, 6.45) is 5.85. The van der Waals surface area contributed by atoms with Crippen molar-refractivity contribution in [2.45, 2.75) is 32.6 Å². The Kier molecular flexibility index (Phi) is 3.77. The normalized spacial score (nSPS) is 18.9. The third kappa shape index (κ3) is 2.58. The zero-order valence-electron chi connectivity index (χ0n) is 12.1. The summed E-state index contributed by atoms with van der Waals surface area (Å²) in [5.74, 6) is 1.03. The molecule has 1 saturated heterocycles. The van der Waals surface area contributed by atoms with Gasteiger partial charge < -0.3 is 9.88 Å². The third-order valence-electron chi connectivity index (χ3n) is 4.50. The second-order valence-corrected chi connectivity index (χ2v) is 5.76. The van der Waals surface area contributed by atoms with Crippen LogP contribution in [0, 0.1) is 5.92 Å². The molecule has 1 fully saturated rings. The fraction of sp³-hybridized carbons (Fsp3) is 0.471. The zero-order valence-corrected chi connectivity index (χ0v) is 12.1. The fourth-order valence-corrected chi connectivity index (χ4v) is 3.13. The maximum absolute atomic E-state index is 12.3. The fourth-order valence-electron chi connectivity index (χ4n) is 3.13. The molecule has 0 radical (unpaired) electrons. The molecule has 0 bridgehead atoms. The minimum absolute atomic E-state index is 0.311. The Morgan fingerprint density at radius 3 is 3.05 bits per heavy atom. The molecule has 1 aliphatic heterocycles. The summed E-state index contributed by atoms with van der Waals surface area (Å²) in [5, 5.41) is 1.24. The summed E-state index contributed by atoms with van der Waals surface area (Å²) in [7, 11) is 0. The first kappa shape index (κ1) is 13.2. The highest BCUT2D eigenvalue weighted by Gasteiger charge is 2.24. The van der Waals surface area contributed by atoms with Gasteiger partial charge >= 0.3 is 0 Å². The Morgan fingerprint density at radius 2 is 2.25 bits per heavy atom. The summed E-state index contributed by atoms with van der Waals surface area (Å²) in [6, 6.07) is 8.28. The SMILES string of the molecule is CCC1CCN(C(=O)CCc2c[nH]c3ccccc23)C1. The number of nitrogens with zero attached hydrogens (tertiary/aromatic N) is 1. The number of carbonyl (C=O) groups excluding carboxylic acids is 1. The van der Waals surface area contributed by atoms with Gasteiger partial charge in [-0.3, -0.25) is 4.79 Å². The van der Waals surface area contributed by atoms with E-state index in [0.717, 1.165) is 25.0 Å². The van der Waals surface area contributed by atoms with E-state index in [1.165, 1.54) is 23.8 Å². The number of rotatable bonds is 4. The van der Waals surface area contributed by atoms with Gasteiger partial charge in [-0.25, -0.2) is 0 Å². The first-order valence-corrected chi connectivity index (χ1v) is 7.60. The predicted molar refractivity (Wildman–Crippen MR) is 81.6 cm³/mol. The summed E-state index contributed by atoms with van der Waals surface area (Å²) in [6.45, 7) is 4.12. The topological polar surface area (TPSA) is 36.1 Å². The lowest BCUT2D eigenvalue weighted by atomic mass is 10.1. The molecule has 3 nitrogen and oxygen atoms in total. The molecule has 3 rings (SSSR count). The van der Waals surface area contributed by atoms with Crippen LogP contribution in [0.1, 0.15) is 31.7 Å². The van der Waals surface area contributed by atoms with Gasteiger partial charge in [0.2, 0.25) is 5.91 Å². The molecule has 1 N–H and O–H groups in total. The van der Waals surface area contributed by atoms with Crippen molar-refractivity contribution in [1.29, 1.82) is 0 Å². The largest absolute Gasteiger partial charge is 0.361 e. The van der Waals surface area contributed by atoms with Crippen molar-refractivity contribution in [2.24, 2.45) is 5.92 Å². The van der Waals surface area contributed by atoms with Crippen LogP contribution >= 0.6 is 0 Å². The number of aromatic amines is 1. The zero-order chi connectivity index (χ0) is 13.9. The molecule has 106 valence electrons. The molecule has 1 amide bonds. The monoisotopic (exact) mass is 270 g/mol. The quantitative estimate of drug-likeness (QED) is 0.908. The van der Waals surface area contributed by atoms with E-state index in [1.54, 1.807) is 0 Å². The molecule has 1 aromatic carbocycles. The smallest absolute Gasteiger partial charge is 0.222 e. The van der Waals surface area contributed by atoms with E-state index >= 15 is 0 Å². The number of para-hydroxylation sites is 1. The van der Waals surface area contributed by atoms with E-state index in [4.69, 9.17) is 0 Å². The number of hydrogen-bond donors (Lipinski definition) is 1. The maximum atomic E-state index is 12.3. The second kappa shape index (κ2) is 5.70. The van der Waals surface area contributed by atoms with Gasteiger partial charge in [-0.2, -0.15) is 0 Å². The second-order valence-electron chi connectivity index (χ2n) is 5.76. The number of carbonyl (C=O) groups is 1. The Balaban J connectivity index is 1.61. The minimum Gasteiger partial charge on any atom is -0.361 e. The van der Waals surface area contributed by atoms with E-state index < -0.39 is 0 Å². The van der Waals surface area contributed by atoms with Gasteiger partial charge in [0.25, 0.3) is 0 Å². The number of aromatic nitrogens is 1. The molecular weight excluding hydrogens is 248 g/mol. The lowest BCUT2D eigenvalue weighted by molar-refractivity contribution is -0.130. The number of amides is 1.